The number of likely N-dealkylation sites (N-methyl/N-ethyl adjacent to an activating group) is 1. The van der Waals surface area contributed by atoms with E-state index >= 15 is 0 Å². The fourth-order valence-electron chi connectivity index (χ4n) is 4.55. The largest absolute Gasteiger partial charge is 0.349 e. The zero-order valence-electron chi connectivity index (χ0n) is 22.3. The number of aromatic amines is 1. The van der Waals surface area contributed by atoms with Crippen molar-refractivity contribution < 1.29 is 4.79 Å². The summed E-state index contributed by atoms with van der Waals surface area (Å²) in [4.78, 5) is 25.4. The molecule has 6 rings (SSSR count). The average molecular weight is 539 g/mol. The Morgan fingerprint density at radius 3 is 2.77 bits per heavy atom. The van der Waals surface area contributed by atoms with Gasteiger partial charge in [-0.15, -0.1) is 11.3 Å². The van der Waals surface area contributed by atoms with Gasteiger partial charge >= 0.3 is 0 Å². The minimum Gasteiger partial charge on any atom is -0.349 e. The van der Waals surface area contributed by atoms with Crippen LogP contribution in [0, 0.1) is 0 Å². The number of benzene rings is 2. The summed E-state index contributed by atoms with van der Waals surface area (Å²) in [7, 11) is 4.13. The van der Waals surface area contributed by atoms with Crippen molar-refractivity contribution in [1.82, 2.24) is 34.9 Å². The monoisotopic (exact) mass is 538 g/mol. The standard InChI is InChI=1S/C29H30N8OS/c1-17(2)31-29(38)25-14-18-5-6-19(15-24(18)39-25)26-33-27(32-21-7-8-23-20(13-21)16-30-35-23)22-9-10-37(28(22)34-26)12-11-36(3)4/h5-10,13-17H,11-12H2,1-4H3,(H,30,35)(H,31,38)(H,32,33,34). The lowest BCUT2D eigenvalue weighted by Crippen LogP contribution is -2.29. The molecule has 0 atom stereocenters. The summed E-state index contributed by atoms with van der Waals surface area (Å²) in [5.74, 6) is 1.32. The van der Waals surface area contributed by atoms with Crippen molar-refractivity contribution >= 4 is 60.8 Å². The maximum absolute atomic E-state index is 12.6. The Morgan fingerprint density at radius 2 is 1.95 bits per heavy atom. The predicted octanol–water partition coefficient (Wildman–Crippen LogP) is 5.63. The van der Waals surface area contributed by atoms with Crippen molar-refractivity contribution in [3.8, 4) is 11.4 Å². The molecule has 6 aromatic rings. The summed E-state index contributed by atoms with van der Waals surface area (Å²) < 4.78 is 3.19. The van der Waals surface area contributed by atoms with Gasteiger partial charge in [-0.3, -0.25) is 9.89 Å². The summed E-state index contributed by atoms with van der Waals surface area (Å²) in [5.41, 5.74) is 3.67. The Morgan fingerprint density at radius 1 is 1.08 bits per heavy atom. The van der Waals surface area contributed by atoms with Gasteiger partial charge in [-0.2, -0.15) is 5.10 Å². The molecular weight excluding hydrogens is 508 g/mol. The highest BCUT2D eigenvalue weighted by Crippen LogP contribution is 2.33. The smallest absolute Gasteiger partial charge is 0.261 e. The first-order valence-electron chi connectivity index (χ1n) is 12.9. The Bertz CT molecular complexity index is 1810. The van der Waals surface area contributed by atoms with Crippen LogP contribution in [0.4, 0.5) is 11.5 Å². The zero-order chi connectivity index (χ0) is 27.1. The quantitative estimate of drug-likeness (QED) is 0.232. The number of fused-ring (bicyclic) bond motifs is 3. The number of H-pyrrole nitrogens is 1. The van der Waals surface area contributed by atoms with Crippen LogP contribution in [-0.4, -0.2) is 62.2 Å². The van der Waals surface area contributed by atoms with Gasteiger partial charge in [0.15, 0.2) is 5.82 Å². The molecule has 0 radical (unpaired) electrons. The minimum atomic E-state index is -0.0507. The Hall–Kier alpha value is -4.28. The number of rotatable bonds is 8. The third-order valence-corrected chi connectivity index (χ3v) is 7.63. The highest BCUT2D eigenvalue weighted by atomic mass is 32.1. The van der Waals surface area contributed by atoms with Gasteiger partial charge in [-0.1, -0.05) is 12.1 Å². The van der Waals surface area contributed by atoms with Gasteiger partial charge < -0.3 is 20.1 Å². The van der Waals surface area contributed by atoms with Crippen LogP contribution in [0.5, 0.6) is 0 Å². The number of carbonyl (C=O) groups is 1. The second-order valence-electron chi connectivity index (χ2n) is 10.2. The van der Waals surface area contributed by atoms with Crippen molar-refractivity contribution in [2.24, 2.45) is 0 Å². The lowest BCUT2D eigenvalue weighted by Gasteiger charge is -2.13. The molecule has 0 saturated carbocycles. The van der Waals surface area contributed by atoms with Crippen LogP contribution >= 0.6 is 11.3 Å². The van der Waals surface area contributed by atoms with Gasteiger partial charge in [0.2, 0.25) is 0 Å². The molecular formula is C29H30N8OS. The Kier molecular flexibility index (Phi) is 6.49. The third-order valence-electron chi connectivity index (χ3n) is 6.53. The van der Waals surface area contributed by atoms with E-state index in [1.54, 1.807) is 0 Å². The maximum atomic E-state index is 12.6. The number of thiophene rings is 1. The highest BCUT2D eigenvalue weighted by Gasteiger charge is 2.16. The van der Waals surface area contributed by atoms with Crippen LogP contribution in [0.25, 0.3) is 43.4 Å². The Balaban J connectivity index is 1.43. The number of anilines is 2. The van der Waals surface area contributed by atoms with E-state index in [0.717, 1.165) is 62.2 Å². The van der Waals surface area contributed by atoms with Crippen molar-refractivity contribution in [2.75, 3.05) is 26.0 Å². The normalized spacial score (nSPS) is 11.8. The highest BCUT2D eigenvalue weighted by molar-refractivity contribution is 7.20. The van der Waals surface area contributed by atoms with E-state index < -0.39 is 0 Å². The molecule has 0 aliphatic rings. The molecule has 4 heterocycles. The molecule has 0 fully saturated rings. The van der Waals surface area contributed by atoms with Crippen molar-refractivity contribution in [3.63, 3.8) is 0 Å². The van der Waals surface area contributed by atoms with E-state index in [1.165, 1.54) is 11.3 Å². The zero-order valence-corrected chi connectivity index (χ0v) is 23.1. The average Bonchev–Trinajstić information content (AvgIpc) is 3.64. The third kappa shape index (κ3) is 5.08. The second-order valence-corrected chi connectivity index (χ2v) is 11.3. The number of aromatic nitrogens is 5. The molecule has 0 unspecified atom stereocenters. The SMILES string of the molecule is CC(C)NC(=O)c1cc2ccc(-c3nc(Nc4ccc5[nH]ncc5c4)c4ccn(CCN(C)C)c4n3)cc2s1. The topological polar surface area (TPSA) is 104 Å². The van der Waals surface area contributed by atoms with Crippen molar-refractivity contribution in [2.45, 2.75) is 26.4 Å². The lowest BCUT2D eigenvalue weighted by molar-refractivity contribution is 0.0947. The van der Waals surface area contributed by atoms with Crippen LogP contribution in [0.1, 0.15) is 23.5 Å². The number of nitrogens with one attached hydrogen (secondary N) is 3. The molecule has 39 heavy (non-hydrogen) atoms. The predicted molar refractivity (Wildman–Crippen MR) is 159 cm³/mol. The minimum absolute atomic E-state index is 0.0507. The number of amides is 1. The summed E-state index contributed by atoms with van der Waals surface area (Å²) in [6.07, 6.45) is 3.88. The lowest BCUT2D eigenvalue weighted by atomic mass is 10.1. The fraction of sp³-hybridized carbons (Fsp3) is 0.241. The van der Waals surface area contributed by atoms with Gasteiger partial charge in [-0.25, -0.2) is 9.97 Å². The van der Waals surface area contributed by atoms with Crippen LogP contribution in [0.3, 0.4) is 0 Å². The van der Waals surface area contributed by atoms with Crippen LogP contribution in [-0.2, 0) is 6.54 Å². The van der Waals surface area contributed by atoms with Crippen LogP contribution < -0.4 is 10.6 Å². The maximum Gasteiger partial charge on any atom is 0.261 e. The van der Waals surface area contributed by atoms with Crippen molar-refractivity contribution in [3.05, 3.63) is 65.8 Å². The van der Waals surface area contributed by atoms with Crippen molar-refractivity contribution in [1.29, 1.82) is 0 Å². The summed E-state index contributed by atoms with van der Waals surface area (Å²) >= 11 is 1.48. The summed E-state index contributed by atoms with van der Waals surface area (Å²) in [6.45, 7) is 5.63. The van der Waals surface area contributed by atoms with E-state index in [-0.39, 0.29) is 11.9 Å². The van der Waals surface area contributed by atoms with Gasteiger partial charge in [0, 0.05) is 46.7 Å². The second kappa shape index (κ2) is 10.1. The molecule has 198 valence electrons. The fourth-order valence-corrected chi connectivity index (χ4v) is 5.56. The van der Waals surface area contributed by atoms with Crippen LogP contribution in [0.2, 0.25) is 0 Å². The van der Waals surface area contributed by atoms with E-state index in [2.05, 4.69) is 68.8 Å². The number of hydrogen-bond donors (Lipinski definition) is 3. The van der Waals surface area contributed by atoms with E-state index in [4.69, 9.17) is 9.97 Å². The van der Waals surface area contributed by atoms with E-state index in [1.807, 2.05) is 50.4 Å². The first kappa shape index (κ1) is 25.0. The van der Waals surface area contributed by atoms with Gasteiger partial charge in [0.25, 0.3) is 5.91 Å². The summed E-state index contributed by atoms with van der Waals surface area (Å²) in [6, 6.07) is 16.3. The molecule has 10 heteroatoms. The van der Waals surface area contributed by atoms with Gasteiger partial charge in [0.05, 0.1) is 22.0 Å². The molecule has 9 nitrogen and oxygen atoms in total. The molecule has 0 spiro atoms. The molecule has 0 bridgehead atoms. The molecule has 0 saturated heterocycles. The number of carbonyl (C=O) groups excluding carboxylic acids is 1. The number of hydrogen-bond acceptors (Lipinski definition) is 7. The molecule has 0 aliphatic carbocycles. The first-order chi connectivity index (χ1) is 18.8. The molecule has 2 aromatic carbocycles. The first-order valence-corrected chi connectivity index (χ1v) is 13.7. The molecule has 4 aromatic heterocycles. The Labute approximate surface area is 229 Å². The number of nitrogens with zero attached hydrogens (tertiary/aromatic N) is 5. The van der Waals surface area contributed by atoms with Gasteiger partial charge in [-0.05, 0) is 69.7 Å². The molecule has 3 N–H and O–H groups in total. The molecule has 1 amide bonds. The van der Waals surface area contributed by atoms with Gasteiger partial charge in [0.1, 0.15) is 11.5 Å². The summed E-state index contributed by atoms with van der Waals surface area (Å²) in [5, 5.41) is 16.6. The van der Waals surface area contributed by atoms with Crippen LogP contribution in [0.15, 0.2) is 60.9 Å². The molecule has 0 aliphatic heterocycles. The van der Waals surface area contributed by atoms with E-state index in [9.17, 15) is 4.79 Å². The van der Waals surface area contributed by atoms with E-state index in [0.29, 0.717) is 10.7 Å².